The number of benzene rings is 2. The SMILES string of the molecule is Cc1cc(Cl)ccc1NC(=O)C[NH2+][C@H](c1ccccc1)c1ccco1. The largest absolute Gasteiger partial charge is 0.463 e. The number of amides is 1. The van der Waals surface area contributed by atoms with Gasteiger partial charge in [0, 0.05) is 16.3 Å². The Labute approximate surface area is 151 Å². The predicted octanol–water partition coefficient (Wildman–Crippen LogP) is 3.53. The Bertz CT molecular complexity index is 832. The van der Waals surface area contributed by atoms with Crippen LogP contribution in [0.3, 0.4) is 0 Å². The minimum absolute atomic E-state index is 0.0618. The molecule has 0 bridgehead atoms. The Morgan fingerprint density at radius 2 is 1.96 bits per heavy atom. The van der Waals surface area contributed by atoms with Crippen LogP contribution in [0.2, 0.25) is 5.02 Å². The van der Waals surface area contributed by atoms with Gasteiger partial charge in [-0.15, -0.1) is 0 Å². The number of carbonyl (C=O) groups excluding carboxylic acids is 1. The summed E-state index contributed by atoms with van der Waals surface area (Å²) in [6, 6.07) is 19.1. The van der Waals surface area contributed by atoms with Gasteiger partial charge in [0.2, 0.25) is 0 Å². The second-order valence-electron chi connectivity index (χ2n) is 5.85. The zero-order valence-corrected chi connectivity index (χ0v) is 14.7. The molecule has 0 radical (unpaired) electrons. The van der Waals surface area contributed by atoms with Crippen LogP contribution < -0.4 is 10.6 Å². The van der Waals surface area contributed by atoms with Crippen LogP contribution in [0.15, 0.2) is 71.3 Å². The smallest absolute Gasteiger partial charge is 0.279 e. The number of aryl methyl sites for hydroxylation is 1. The maximum atomic E-state index is 12.3. The summed E-state index contributed by atoms with van der Waals surface area (Å²) in [6.07, 6.45) is 1.65. The lowest BCUT2D eigenvalue weighted by molar-refractivity contribution is -0.678. The van der Waals surface area contributed by atoms with E-state index in [1.54, 1.807) is 12.3 Å². The Kier molecular flexibility index (Phi) is 5.53. The van der Waals surface area contributed by atoms with Gasteiger partial charge in [0.25, 0.3) is 5.91 Å². The molecule has 1 heterocycles. The van der Waals surface area contributed by atoms with Gasteiger partial charge in [-0.3, -0.25) is 4.79 Å². The molecular formula is C20H20ClN2O2+. The minimum atomic E-state index is -0.0714. The molecule has 0 saturated carbocycles. The first-order valence-corrected chi connectivity index (χ1v) is 8.49. The topological polar surface area (TPSA) is 58.9 Å². The van der Waals surface area contributed by atoms with Gasteiger partial charge in [0.1, 0.15) is 0 Å². The molecule has 5 heteroatoms. The van der Waals surface area contributed by atoms with Crippen LogP contribution in [0, 0.1) is 6.92 Å². The van der Waals surface area contributed by atoms with E-state index in [1.807, 2.05) is 66.8 Å². The van der Waals surface area contributed by atoms with E-state index in [0.29, 0.717) is 5.02 Å². The van der Waals surface area contributed by atoms with E-state index < -0.39 is 0 Å². The number of carbonyl (C=O) groups is 1. The molecule has 0 aliphatic rings. The highest BCUT2D eigenvalue weighted by atomic mass is 35.5. The van der Waals surface area contributed by atoms with E-state index in [2.05, 4.69) is 5.32 Å². The van der Waals surface area contributed by atoms with Crippen LogP contribution in [-0.4, -0.2) is 12.5 Å². The fourth-order valence-electron chi connectivity index (χ4n) is 2.74. The molecule has 3 N–H and O–H groups in total. The summed E-state index contributed by atoms with van der Waals surface area (Å²) in [6.45, 7) is 2.20. The second-order valence-corrected chi connectivity index (χ2v) is 6.29. The molecule has 0 spiro atoms. The summed E-state index contributed by atoms with van der Waals surface area (Å²) in [5.74, 6) is 0.750. The van der Waals surface area contributed by atoms with E-state index in [-0.39, 0.29) is 18.5 Å². The van der Waals surface area contributed by atoms with Crippen LogP contribution in [0.5, 0.6) is 0 Å². The molecule has 0 unspecified atom stereocenters. The average molecular weight is 356 g/mol. The van der Waals surface area contributed by atoms with Crippen molar-refractivity contribution in [1.29, 1.82) is 0 Å². The molecule has 0 aliphatic heterocycles. The summed E-state index contributed by atoms with van der Waals surface area (Å²) in [4.78, 5) is 12.3. The van der Waals surface area contributed by atoms with E-state index >= 15 is 0 Å². The van der Waals surface area contributed by atoms with Crippen molar-refractivity contribution in [2.75, 3.05) is 11.9 Å². The summed E-state index contributed by atoms with van der Waals surface area (Å²) < 4.78 is 5.56. The van der Waals surface area contributed by atoms with Crippen LogP contribution in [0.25, 0.3) is 0 Å². The molecule has 1 aromatic heterocycles. The minimum Gasteiger partial charge on any atom is -0.463 e. The highest BCUT2D eigenvalue weighted by molar-refractivity contribution is 6.30. The molecule has 0 aliphatic carbocycles. The molecule has 2 aromatic carbocycles. The van der Waals surface area contributed by atoms with Crippen molar-refractivity contribution in [1.82, 2.24) is 0 Å². The molecule has 3 rings (SSSR count). The zero-order valence-electron chi connectivity index (χ0n) is 13.9. The van der Waals surface area contributed by atoms with Gasteiger partial charge < -0.3 is 15.1 Å². The van der Waals surface area contributed by atoms with Gasteiger partial charge in [0.05, 0.1) is 6.26 Å². The van der Waals surface area contributed by atoms with Gasteiger partial charge in [-0.2, -0.15) is 0 Å². The summed E-state index contributed by atoms with van der Waals surface area (Å²) in [5, 5.41) is 5.55. The molecule has 0 saturated heterocycles. The van der Waals surface area contributed by atoms with Gasteiger partial charge in [-0.1, -0.05) is 41.9 Å². The van der Waals surface area contributed by atoms with E-state index in [9.17, 15) is 4.79 Å². The third kappa shape index (κ3) is 4.50. The number of anilines is 1. The van der Waals surface area contributed by atoms with Gasteiger partial charge >= 0.3 is 0 Å². The number of halogens is 1. The van der Waals surface area contributed by atoms with E-state index in [4.69, 9.17) is 16.0 Å². The highest BCUT2D eigenvalue weighted by Gasteiger charge is 2.21. The van der Waals surface area contributed by atoms with Crippen molar-refractivity contribution in [2.45, 2.75) is 13.0 Å². The summed E-state index contributed by atoms with van der Waals surface area (Å²) >= 11 is 5.95. The Morgan fingerprint density at radius 3 is 2.64 bits per heavy atom. The summed E-state index contributed by atoms with van der Waals surface area (Å²) in [5.41, 5.74) is 2.80. The van der Waals surface area contributed by atoms with Crippen molar-refractivity contribution < 1.29 is 14.5 Å². The fourth-order valence-corrected chi connectivity index (χ4v) is 2.97. The molecular weight excluding hydrogens is 336 g/mol. The number of nitrogens with two attached hydrogens (primary N) is 1. The first-order chi connectivity index (χ1) is 12.1. The number of rotatable bonds is 6. The quantitative estimate of drug-likeness (QED) is 0.710. The van der Waals surface area contributed by atoms with Crippen LogP contribution in [-0.2, 0) is 4.79 Å². The highest BCUT2D eigenvalue weighted by Crippen LogP contribution is 2.20. The third-order valence-corrected chi connectivity index (χ3v) is 4.24. The summed E-state index contributed by atoms with van der Waals surface area (Å²) in [7, 11) is 0. The van der Waals surface area contributed by atoms with Crippen LogP contribution >= 0.6 is 11.6 Å². The monoisotopic (exact) mass is 355 g/mol. The fraction of sp³-hybridized carbons (Fsp3) is 0.150. The Morgan fingerprint density at radius 1 is 1.16 bits per heavy atom. The normalized spacial score (nSPS) is 11.9. The molecule has 1 atom stereocenters. The van der Waals surface area contributed by atoms with Crippen LogP contribution in [0.1, 0.15) is 22.9 Å². The van der Waals surface area contributed by atoms with E-state index in [0.717, 1.165) is 22.6 Å². The molecule has 3 aromatic rings. The lowest BCUT2D eigenvalue weighted by Gasteiger charge is -2.14. The van der Waals surface area contributed by atoms with Crippen molar-refractivity contribution >= 4 is 23.2 Å². The van der Waals surface area contributed by atoms with Gasteiger partial charge in [-0.05, 0) is 42.8 Å². The zero-order chi connectivity index (χ0) is 17.6. The van der Waals surface area contributed by atoms with Crippen molar-refractivity contribution in [3.8, 4) is 0 Å². The number of hydrogen-bond acceptors (Lipinski definition) is 2. The van der Waals surface area contributed by atoms with Gasteiger partial charge in [0.15, 0.2) is 18.3 Å². The Balaban J connectivity index is 1.68. The average Bonchev–Trinajstić information content (AvgIpc) is 3.13. The lowest BCUT2D eigenvalue weighted by Crippen LogP contribution is -2.87. The molecule has 25 heavy (non-hydrogen) atoms. The molecule has 0 fully saturated rings. The number of nitrogens with one attached hydrogen (secondary N) is 1. The lowest BCUT2D eigenvalue weighted by atomic mass is 10.0. The van der Waals surface area contributed by atoms with E-state index in [1.165, 1.54) is 0 Å². The van der Waals surface area contributed by atoms with Crippen molar-refractivity contribution in [3.05, 3.63) is 88.8 Å². The number of furan rings is 1. The van der Waals surface area contributed by atoms with Crippen LogP contribution in [0.4, 0.5) is 5.69 Å². The number of quaternary nitrogens is 1. The standard InChI is InChI=1S/C20H19ClN2O2/c1-14-12-16(21)9-10-17(14)23-19(24)13-22-20(18-8-5-11-25-18)15-6-3-2-4-7-15/h2-12,20,22H,13H2,1H3,(H,23,24)/p+1/t20-/m1/s1. The van der Waals surface area contributed by atoms with Crippen molar-refractivity contribution in [3.63, 3.8) is 0 Å². The number of hydrogen-bond donors (Lipinski definition) is 2. The maximum absolute atomic E-state index is 12.3. The first kappa shape index (κ1) is 17.3. The maximum Gasteiger partial charge on any atom is 0.279 e. The molecule has 4 nitrogen and oxygen atoms in total. The van der Waals surface area contributed by atoms with Gasteiger partial charge in [-0.25, -0.2) is 0 Å². The predicted molar refractivity (Wildman–Crippen MR) is 98.6 cm³/mol. The first-order valence-electron chi connectivity index (χ1n) is 8.11. The third-order valence-electron chi connectivity index (χ3n) is 4.01. The molecule has 128 valence electrons. The van der Waals surface area contributed by atoms with Crippen molar-refractivity contribution in [2.24, 2.45) is 0 Å². The Hall–Kier alpha value is -2.56. The molecule has 1 amide bonds. The second kappa shape index (κ2) is 8.01.